The lowest BCUT2D eigenvalue weighted by Gasteiger charge is -2.19. The first-order chi connectivity index (χ1) is 10.5. The van der Waals surface area contributed by atoms with E-state index >= 15 is 0 Å². The predicted molar refractivity (Wildman–Crippen MR) is 86.0 cm³/mol. The number of benzene rings is 1. The van der Waals surface area contributed by atoms with Crippen LogP contribution in [0, 0.1) is 5.92 Å². The quantitative estimate of drug-likeness (QED) is 0.790. The molecule has 22 heavy (non-hydrogen) atoms. The van der Waals surface area contributed by atoms with Crippen LogP contribution in [-0.2, 0) is 4.79 Å². The summed E-state index contributed by atoms with van der Waals surface area (Å²) in [5.74, 6) is -0.573. The van der Waals surface area contributed by atoms with Crippen molar-refractivity contribution >= 4 is 28.5 Å². The number of carbonyl (C=O) groups is 2. The van der Waals surface area contributed by atoms with Gasteiger partial charge in [0.15, 0.2) is 5.13 Å². The van der Waals surface area contributed by atoms with Gasteiger partial charge in [-0.15, -0.1) is 11.3 Å². The Morgan fingerprint density at radius 3 is 2.50 bits per heavy atom. The first-order valence-corrected chi connectivity index (χ1v) is 7.66. The van der Waals surface area contributed by atoms with Gasteiger partial charge in [0.05, 0.1) is 5.69 Å². The average Bonchev–Trinajstić information content (AvgIpc) is 2.93. The average molecular weight is 319 g/mol. The van der Waals surface area contributed by atoms with Gasteiger partial charge in [0.1, 0.15) is 6.04 Å². The number of anilines is 1. The maximum absolute atomic E-state index is 12.2. The van der Waals surface area contributed by atoms with Crippen LogP contribution in [0.25, 0.3) is 11.3 Å². The standard InChI is InChI=1S/C15H17N3O3S/c1-9(2)12(17-15(20)21)13(19)18-14-16-11(8-22-14)10-6-4-3-5-7-10/h3-9,12,17H,1-2H3,(H,20,21)(H,16,18,19)/t12-/m0/s1. The Balaban J connectivity index is 2.09. The van der Waals surface area contributed by atoms with Gasteiger partial charge in [-0.2, -0.15) is 0 Å². The van der Waals surface area contributed by atoms with E-state index in [1.54, 1.807) is 13.8 Å². The van der Waals surface area contributed by atoms with Gasteiger partial charge in [-0.1, -0.05) is 44.2 Å². The summed E-state index contributed by atoms with van der Waals surface area (Å²) in [7, 11) is 0. The fourth-order valence-corrected chi connectivity index (χ4v) is 2.65. The molecule has 116 valence electrons. The SMILES string of the molecule is CC(C)[C@H](NC(=O)O)C(=O)Nc1nc(-c2ccccc2)cs1. The smallest absolute Gasteiger partial charge is 0.405 e. The number of aromatic nitrogens is 1. The van der Waals surface area contributed by atoms with Crippen LogP contribution in [-0.4, -0.2) is 28.1 Å². The molecular weight excluding hydrogens is 302 g/mol. The highest BCUT2D eigenvalue weighted by molar-refractivity contribution is 7.14. The highest BCUT2D eigenvalue weighted by Gasteiger charge is 2.24. The van der Waals surface area contributed by atoms with Gasteiger partial charge in [0.2, 0.25) is 5.91 Å². The number of thiazole rings is 1. The number of hydrogen-bond donors (Lipinski definition) is 3. The van der Waals surface area contributed by atoms with Crippen molar-refractivity contribution in [3.63, 3.8) is 0 Å². The van der Waals surface area contributed by atoms with Gasteiger partial charge in [0, 0.05) is 10.9 Å². The lowest BCUT2D eigenvalue weighted by Crippen LogP contribution is -2.46. The van der Waals surface area contributed by atoms with Crippen molar-refractivity contribution < 1.29 is 14.7 Å². The summed E-state index contributed by atoms with van der Waals surface area (Å²) in [6, 6.07) is 8.80. The fraction of sp³-hybridized carbons (Fsp3) is 0.267. The zero-order chi connectivity index (χ0) is 16.1. The summed E-state index contributed by atoms with van der Waals surface area (Å²) in [6.45, 7) is 3.55. The summed E-state index contributed by atoms with van der Waals surface area (Å²) >= 11 is 1.30. The molecule has 0 saturated carbocycles. The summed E-state index contributed by atoms with van der Waals surface area (Å²) < 4.78 is 0. The Morgan fingerprint density at radius 2 is 1.91 bits per heavy atom. The Labute approximate surface area is 132 Å². The molecule has 1 aromatic carbocycles. The van der Waals surface area contributed by atoms with Crippen molar-refractivity contribution in [1.82, 2.24) is 10.3 Å². The van der Waals surface area contributed by atoms with Crippen LogP contribution in [0.4, 0.5) is 9.93 Å². The van der Waals surface area contributed by atoms with Gasteiger partial charge in [-0.3, -0.25) is 4.79 Å². The third-order valence-electron chi connectivity index (χ3n) is 3.03. The maximum Gasteiger partial charge on any atom is 0.405 e. The van der Waals surface area contributed by atoms with Crippen LogP contribution in [0.2, 0.25) is 0 Å². The van der Waals surface area contributed by atoms with E-state index in [-0.39, 0.29) is 5.92 Å². The minimum absolute atomic E-state index is 0.162. The van der Waals surface area contributed by atoms with E-state index in [9.17, 15) is 9.59 Å². The van der Waals surface area contributed by atoms with E-state index in [0.29, 0.717) is 5.13 Å². The number of amides is 2. The van der Waals surface area contributed by atoms with E-state index in [1.807, 2.05) is 35.7 Å². The Hall–Kier alpha value is -2.41. The van der Waals surface area contributed by atoms with E-state index in [0.717, 1.165) is 11.3 Å². The molecule has 0 spiro atoms. The van der Waals surface area contributed by atoms with Crippen LogP contribution in [0.3, 0.4) is 0 Å². The molecule has 0 aliphatic rings. The number of carboxylic acid groups (broad SMARTS) is 1. The first-order valence-electron chi connectivity index (χ1n) is 6.78. The van der Waals surface area contributed by atoms with Crippen LogP contribution < -0.4 is 10.6 Å². The summed E-state index contributed by atoms with van der Waals surface area (Å²) in [5, 5.41) is 16.0. The van der Waals surface area contributed by atoms with Crippen molar-refractivity contribution in [2.75, 3.05) is 5.32 Å². The summed E-state index contributed by atoms with van der Waals surface area (Å²) in [6.07, 6.45) is -1.22. The van der Waals surface area contributed by atoms with Crippen molar-refractivity contribution in [1.29, 1.82) is 0 Å². The number of rotatable bonds is 5. The monoisotopic (exact) mass is 319 g/mol. The maximum atomic E-state index is 12.2. The van der Waals surface area contributed by atoms with Crippen LogP contribution in [0.5, 0.6) is 0 Å². The topological polar surface area (TPSA) is 91.3 Å². The third kappa shape index (κ3) is 4.05. The second kappa shape index (κ2) is 7.04. The number of nitrogens with one attached hydrogen (secondary N) is 2. The molecule has 0 aliphatic carbocycles. The van der Waals surface area contributed by atoms with Crippen LogP contribution >= 0.6 is 11.3 Å². The Bertz CT molecular complexity index is 655. The highest BCUT2D eigenvalue weighted by Crippen LogP contribution is 2.24. The van der Waals surface area contributed by atoms with E-state index in [1.165, 1.54) is 11.3 Å². The van der Waals surface area contributed by atoms with Gasteiger partial charge < -0.3 is 15.7 Å². The second-order valence-electron chi connectivity index (χ2n) is 5.06. The number of hydrogen-bond acceptors (Lipinski definition) is 4. The largest absolute Gasteiger partial charge is 0.465 e. The minimum atomic E-state index is -1.22. The molecule has 7 heteroatoms. The molecule has 1 heterocycles. The first kappa shape index (κ1) is 16.0. The lowest BCUT2D eigenvalue weighted by molar-refractivity contribution is -0.118. The van der Waals surface area contributed by atoms with Crippen molar-refractivity contribution in [2.45, 2.75) is 19.9 Å². The lowest BCUT2D eigenvalue weighted by atomic mass is 10.0. The molecule has 0 fully saturated rings. The Kier molecular flexibility index (Phi) is 5.11. The third-order valence-corrected chi connectivity index (χ3v) is 3.79. The minimum Gasteiger partial charge on any atom is -0.465 e. The van der Waals surface area contributed by atoms with Crippen molar-refractivity contribution in [3.8, 4) is 11.3 Å². The molecule has 1 aromatic heterocycles. The van der Waals surface area contributed by atoms with E-state index in [4.69, 9.17) is 5.11 Å². The summed E-state index contributed by atoms with van der Waals surface area (Å²) in [5.41, 5.74) is 1.73. The van der Waals surface area contributed by atoms with Crippen LogP contribution in [0.15, 0.2) is 35.7 Å². The molecule has 2 aromatic rings. The molecule has 0 unspecified atom stereocenters. The molecule has 1 atom stereocenters. The van der Waals surface area contributed by atoms with Gasteiger partial charge >= 0.3 is 6.09 Å². The van der Waals surface area contributed by atoms with Crippen molar-refractivity contribution in [3.05, 3.63) is 35.7 Å². The summed E-state index contributed by atoms with van der Waals surface area (Å²) in [4.78, 5) is 27.3. The predicted octanol–water partition coefficient (Wildman–Crippen LogP) is 3.04. The molecule has 2 rings (SSSR count). The molecule has 0 bridgehead atoms. The zero-order valence-electron chi connectivity index (χ0n) is 12.2. The molecule has 3 N–H and O–H groups in total. The molecule has 0 aliphatic heterocycles. The highest BCUT2D eigenvalue weighted by atomic mass is 32.1. The normalized spacial score (nSPS) is 12.0. The Morgan fingerprint density at radius 1 is 1.23 bits per heavy atom. The second-order valence-corrected chi connectivity index (χ2v) is 5.92. The van der Waals surface area contributed by atoms with Gasteiger partial charge in [-0.05, 0) is 5.92 Å². The molecular formula is C15H17N3O3S. The number of carbonyl (C=O) groups excluding carboxylic acids is 1. The molecule has 0 radical (unpaired) electrons. The van der Waals surface area contributed by atoms with Gasteiger partial charge in [0.25, 0.3) is 0 Å². The van der Waals surface area contributed by atoms with E-state index in [2.05, 4.69) is 15.6 Å². The van der Waals surface area contributed by atoms with Crippen molar-refractivity contribution in [2.24, 2.45) is 5.92 Å². The van der Waals surface area contributed by atoms with Gasteiger partial charge in [-0.25, -0.2) is 9.78 Å². The molecule has 2 amide bonds. The molecule has 6 nitrogen and oxygen atoms in total. The number of nitrogens with zero attached hydrogens (tertiary/aromatic N) is 1. The fourth-order valence-electron chi connectivity index (χ4n) is 1.92. The zero-order valence-corrected chi connectivity index (χ0v) is 13.1. The molecule has 0 saturated heterocycles. The van der Waals surface area contributed by atoms with Crippen LogP contribution in [0.1, 0.15) is 13.8 Å². The van der Waals surface area contributed by atoms with E-state index < -0.39 is 18.0 Å².